The van der Waals surface area contributed by atoms with Crippen LogP contribution in [-0.2, 0) is 9.47 Å². The highest BCUT2D eigenvalue weighted by atomic mass is 16.5. The van der Waals surface area contributed by atoms with Crippen LogP contribution in [0.1, 0.15) is 20.8 Å². The van der Waals surface area contributed by atoms with Gasteiger partial charge in [-0.15, -0.1) is 0 Å². The summed E-state index contributed by atoms with van der Waals surface area (Å²) in [6.45, 7) is 7.25. The second kappa shape index (κ2) is 5.51. The zero-order valence-corrected chi connectivity index (χ0v) is 8.46. The van der Waals surface area contributed by atoms with Crippen molar-refractivity contribution in [1.29, 1.82) is 0 Å². The van der Waals surface area contributed by atoms with Crippen molar-refractivity contribution in [3.63, 3.8) is 0 Å². The Balaban J connectivity index is 3.70. The normalized spacial score (nSPS) is 14.8. The lowest BCUT2D eigenvalue weighted by atomic mass is 9.93. The minimum atomic E-state index is -0.271. The Kier molecular flexibility index (Phi) is 5.46. The summed E-state index contributed by atoms with van der Waals surface area (Å²) in [5.41, 5.74) is -0.271. The molecule has 0 aliphatic rings. The van der Waals surface area contributed by atoms with E-state index in [2.05, 4.69) is 0 Å². The predicted molar refractivity (Wildman–Crippen MR) is 48.2 cm³/mol. The maximum absolute atomic E-state index is 8.92. The molecule has 0 saturated heterocycles. The van der Waals surface area contributed by atoms with E-state index in [1.807, 2.05) is 20.8 Å². The molecule has 0 aliphatic carbocycles. The maximum atomic E-state index is 8.92. The molecule has 0 saturated carbocycles. The fraction of sp³-hybridized carbons (Fsp3) is 1.00. The first-order valence-corrected chi connectivity index (χ1v) is 4.28. The molecule has 0 aromatic rings. The largest absolute Gasteiger partial charge is 0.396 e. The molecule has 1 atom stereocenters. The molecule has 3 heteroatoms. The number of aliphatic hydroxyl groups excluding tert-OH is 1. The molecule has 1 unspecified atom stereocenters. The van der Waals surface area contributed by atoms with Gasteiger partial charge >= 0.3 is 0 Å². The lowest BCUT2D eigenvalue weighted by Crippen LogP contribution is -2.35. The van der Waals surface area contributed by atoms with Crippen LogP contribution in [0.2, 0.25) is 0 Å². The Morgan fingerprint density at radius 1 is 1.33 bits per heavy atom. The first kappa shape index (κ1) is 11.9. The molecule has 0 bridgehead atoms. The number of aliphatic hydroxyl groups is 1. The number of ether oxygens (including phenoxy) is 2. The van der Waals surface area contributed by atoms with Crippen molar-refractivity contribution in [1.82, 2.24) is 0 Å². The molecule has 3 nitrogen and oxygen atoms in total. The van der Waals surface area contributed by atoms with Crippen LogP contribution >= 0.6 is 0 Å². The second-order valence-electron chi connectivity index (χ2n) is 3.53. The van der Waals surface area contributed by atoms with Gasteiger partial charge in [-0.1, -0.05) is 6.92 Å². The summed E-state index contributed by atoms with van der Waals surface area (Å²) >= 11 is 0. The average molecular weight is 176 g/mol. The topological polar surface area (TPSA) is 38.7 Å². The van der Waals surface area contributed by atoms with Crippen molar-refractivity contribution < 1.29 is 14.6 Å². The van der Waals surface area contributed by atoms with Crippen LogP contribution < -0.4 is 0 Å². The summed E-state index contributed by atoms with van der Waals surface area (Å²) < 4.78 is 10.4. The number of hydrogen-bond acceptors (Lipinski definition) is 3. The van der Waals surface area contributed by atoms with Gasteiger partial charge in [-0.05, 0) is 13.8 Å². The summed E-state index contributed by atoms with van der Waals surface area (Å²) in [5, 5.41) is 8.92. The van der Waals surface area contributed by atoms with Gasteiger partial charge in [0.15, 0.2) is 0 Å². The Labute approximate surface area is 74.7 Å². The third kappa shape index (κ3) is 4.04. The first-order chi connectivity index (χ1) is 5.54. The smallest absolute Gasteiger partial charge is 0.0707 e. The molecule has 0 aliphatic heterocycles. The predicted octanol–water partition coefficient (Wildman–Crippen LogP) is 1.06. The fourth-order valence-corrected chi connectivity index (χ4v) is 0.750. The summed E-state index contributed by atoms with van der Waals surface area (Å²) in [5.74, 6) is 0.148. The Morgan fingerprint density at radius 3 is 2.33 bits per heavy atom. The lowest BCUT2D eigenvalue weighted by molar-refractivity contribution is -0.0817. The van der Waals surface area contributed by atoms with Gasteiger partial charge in [0, 0.05) is 19.6 Å². The fourth-order valence-electron chi connectivity index (χ4n) is 0.750. The standard InChI is InChI=1S/C9H20O3/c1-8(7-10)9(2,3)12-6-5-11-4/h8,10H,5-7H2,1-4H3. The number of rotatable bonds is 6. The van der Waals surface area contributed by atoms with Crippen LogP contribution in [0.15, 0.2) is 0 Å². The molecule has 0 aromatic carbocycles. The third-order valence-electron chi connectivity index (χ3n) is 2.22. The number of methoxy groups -OCH3 is 1. The quantitative estimate of drug-likeness (QED) is 0.615. The van der Waals surface area contributed by atoms with Gasteiger partial charge in [0.2, 0.25) is 0 Å². The van der Waals surface area contributed by atoms with Crippen molar-refractivity contribution in [3.8, 4) is 0 Å². The van der Waals surface area contributed by atoms with E-state index in [0.29, 0.717) is 13.2 Å². The molecule has 0 heterocycles. The van der Waals surface area contributed by atoms with Crippen molar-refractivity contribution in [3.05, 3.63) is 0 Å². The minimum Gasteiger partial charge on any atom is -0.396 e. The monoisotopic (exact) mass is 176 g/mol. The van der Waals surface area contributed by atoms with E-state index in [0.717, 1.165) is 0 Å². The highest BCUT2D eigenvalue weighted by Crippen LogP contribution is 2.19. The summed E-state index contributed by atoms with van der Waals surface area (Å²) in [4.78, 5) is 0. The van der Waals surface area contributed by atoms with E-state index >= 15 is 0 Å². The van der Waals surface area contributed by atoms with Gasteiger partial charge in [-0.25, -0.2) is 0 Å². The SMILES string of the molecule is COCCOC(C)(C)C(C)CO. The van der Waals surface area contributed by atoms with E-state index in [9.17, 15) is 0 Å². The molecule has 12 heavy (non-hydrogen) atoms. The first-order valence-electron chi connectivity index (χ1n) is 4.28. The van der Waals surface area contributed by atoms with E-state index in [4.69, 9.17) is 14.6 Å². The van der Waals surface area contributed by atoms with Crippen LogP contribution in [0.5, 0.6) is 0 Å². The summed E-state index contributed by atoms with van der Waals surface area (Å²) in [6.07, 6.45) is 0. The molecular weight excluding hydrogens is 156 g/mol. The molecular formula is C9H20O3. The maximum Gasteiger partial charge on any atom is 0.0707 e. The molecule has 0 spiro atoms. The van der Waals surface area contributed by atoms with E-state index < -0.39 is 0 Å². The third-order valence-corrected chi connectivity index (χ3v) is 2.22. The Morgan fingerprint density at radius 2 is 1.92 bits per heavy atom. The van der Waals surface area contributed by atoms with Crippen LogP contribution in [0.3, 0.4) is 0 Å². The lowest BCUT2D eigenvalue weighted by Gasteiger charge is -2.30. The highest BCUT2D eigenvalue weighted by molar-refractivity contribution is 4.75. The van der Waals surface area contributed by atoms with E-state index in [1.54, 1.807) is 7.11 Å². The molecule has 1 N–H and O–H groups in total. The molecule has 0 amide bonds. The van der Waals surface area contributed by atoms with E-state index in [1.165, 1.54) is 0 Å². The summed E-state index contributed by atoms with van der Waals surface area (Å²) in [7, 11) is 1.64. The van der Waals surface area contributed by atoms with Gasteiger partial charge < -0.3 is 14.6 Å². The van der Waals surface area contributed by atoms with Crippen LogP contribution in [0.4, 0.5) is 0 Å². The minimum absolute atomic E-state index is 0.148. The molecule has 0 rings (SSSR count). The zero-order chi connectivity index (χ0) is 9.61. The van der Waals surface area contributed by atoms with Crippen LogP contribution in [-0.4, -0.2) is 37.6 Å². The summed E-state index contributed by atoms with van der Waals surface area (Å²) in [6, 6.07) is 0. The molecule has 0 aromatic heterocycles. The molecule has 0 fully saturated rings. The van der Waals surface area contributed by atoms with Crippen LogP contribution in [0, 0.1) is 5.92 Å². The Bertz CT molecular complexity index is 112. The number of hydrogen-bond donors (Lipinski definition) is 1. The second-order valence-corrected chi connectivity index (χ2v) is 3.53. The average Bonchev–Trinajstić information content (AvgIpc) is 2.03. The Hall–Kier alpha value is -0.120. The van der Waals surface area contributed by atoms with Gasteiger partial charge in [-0.2, -0.15) is 0 Å². The van der Waals surface area contributed by atoms with Gasteiger partial charge in [0.05, 0.1) is 18.8 Å². The highest BCUT2D eigenvalue weighted by Gasteiger charge is 2.25. The van der Waals surface area contributed by atoms with Crippen molar-refractivity contribution in [2.75, 3.05) is 26.9 Å². The molecule has 74 valence electrons. The molecule has 0 radical (unpaired) electrons. The van der Waals surface area contributed by atoms with Crippen molar-refractivity contribution >= 4 is 0 Å². The van der Waals surface area contributed by atoms with Crippen molar-refractivity contribution in [2.24, 2.45) is 5.92 Å². The van der Waals surface area contributed by atoms with Gasteiger partial charge in [0.25, 0.3) is 0 Å². The van der Waals surface area contributed by atoms with Gasteiger partial charge in [-0.3, -0.25) is 0 Å². The van der Waals surface area contributed by atoms with Gasteiger partial charge in [0.1, 0.15) is 0 Å². The van der Waals surface area contributed by atoms with Crippen molar-refractivity contribution in [2.45, 2.75) is 26.4 Å². The zero-order valence-electron chi connectivity index (χ0n) is 8.46. The van der Waals surface area contributed by atoms with E-state index in [-0.39, 0.29) is 18.1 Å². The van der Waals surface area contributed by atoms with Crippen LogP contribution in [0.25, 0.3) is 0 Å².